The number of rotatable bonds is 6. The van der Waals surface area contributed by atoms with Crippen molar-refractivity contribution in [2.45, 2.75) is 25.6 Å². The molecule has 0 aliphatic heterocycles. The highest BCUT2D eigenvalue weighted by Gasteiger charge is 2.17. The molecule has 1 N–H and O–H groups in total. The van der Waals surface area contributed by atoms with Gasteiger partial charge in [-0.25, -0.2) is 4.98 Å². The number of ether oxygens (including phenoxy) is 2. The van der Waals surface area contributed by atoms with E-state index in [1.54, 1.807) is 0 Å². The molecule has 1 heterocycles. The highest BCUT2D eigenvalue weighted by atomic mass is 35.5. The van der Waals surface area contributed by atoms with E-state index in [0.717, 1.165) is 11.5 Å². The Morgan fingerprint density at radius 1 is 1.45 bits per heavy atom. The lowest BCUT2D eigenvalue weighted by molar-refractivity contribution is 0.236. The van der Waals surface area contributed by atoms with Crippen molar-refractivity contribution in [2.75, 3.05) is 19.0 Å². The van der Waals surface area contributed by atoms with Crippen LogP contribution in [0.4, 0.5) is 5.95 Å². The van der Waals surface area contributed by atoms with Gasteiger partial charge in [0, 0.05) is 11.8 Å². The van der Waals surface area contributed by atoms with Crippen LogP contribution in [0.15, 0.2) is 41.6 Å². The van der Waals surface area contributed by atoms with Gasteiger partial charge >= 0.3 is 6.01 Å². The smallest absolute Gasteiger partial charge is 0.320 e. The van der Waals surface area contributed by atoms with Crippen LogP contribution in [-0.2, 0) is 4.74 Å². The summed E-state index contributed by atoms with van der Waals surface area (Å²) in [6.07, 6.45) is 7.90. The van der Waals surface area contributed by atoms with Crippen molar-refractivity contribution in [3.05, 3.63) is 41.6 Å². The van der Waals surface area contributed by atoms with E-state index in [9.17, 15) is 0 Å². The summed E-state index contributed by atoms with van der Waals surface area (Å²) in [4.78, 5) is 12.0. The molecule has 0 fully saturated rings. The SMILES string of the molecule is COc1ncnc(NC2=CCC(Cl)C(OCC=C(C)C)=C2)n1. The Morgan fingerprint density at radius 2 is 2.27 bits per heavy atom. The maximum absolute atomic E-state index is 6.27. The van der Waals surface area contributed by atoms with Crippen molar-refractivity contribution in [1.29, 1.82) is 0 Å². The molecule has 118 valence electrons. The average Bonchev–Trinajstić information content (AvgIpc) is 2.50. The molecule has 1 atom stereocenters. The van der Waals surface area contributed by atoms with Crippen molar-refractivity contribution >= 4 is 17.5 Å². The third kappa shape index (κ3) is 4.73. The highest BCUT2D eigenvalue weighted by molar-refractivity contribution is 6.22. The van der Waals surface area contributed by atoms with Gasteiger partial charge in [-0.2, -0.15) is 9.97 Å². The molecule has 6 nitrogen and oxygen atoms in total. The lowest BCUT2D eigenvalue weighted by atomic mass is 10.1. The summed E-state index contributed by atoms with van der Waals surface area (Å²) in [7, 11) is 1.51. The molecule has 0 amide bonds. The molecule has 1 aliphatic rings. The fraction of sp³-hybridized carbons (Fsp3) is 0.400. The largest absolute Gasteiger partial charge is 0.492 e. The molecule has 0 saturated heterocycles. The van der Waals surface area contributed by atoms with Gasteiger partial charge in [-0.1, -0.05) is 11.6 Å². The van der Waals surface area contributed by atoms with E-state index in [4.69, 9.17) is 21.1 Å². The first-order chi connectivity index (χ1) is 10.6. The Bertz CT molecular complexity index is 609. The number of anilines is 1. The van der Waals surface area contributed by atoms with E-state index in [1.807, 2.05) is 32.1 Å². The summed E-state index contributed by atoms with van der Waals surface area (Å²) in [5, 5.41) is 2.93. The Kier molecular flexibility index (Phi) is 5.77. The summed E-state index contributed by atoms with van der Waals surface area (Å²) in [6, 6.07) is 0.258. The molecule has 0 aromatic carbocycles. The van der Waals surface area contributed by atoms with Crippen LogP contribution in [0.25, 0.3) is 0 Å². The molecule has 1 aromatic heterocycles. The van der Waals surface area contributed by atoms with E-state index in [2.05, 4.69) is 20.3 Å². The molecule has 7 heteroatoms. The molecule has 1 aliphatic carbocycles. The van der Waals surface area contributed by atoms with E-state index >= 15 is 0 Å². The van der Waals surface area contributed by atoms with Gasteiger partial charge in [0.25, 0.3) is 0 Å². The summed E-state index contributed by atoms with van der Waals surface area (Å²) in [5.74, 6) is 1.14. The number of hydrogen-bond acceptors (Lipinski definition) is 6. The first kappa shape index (κ1) is 16.3. The number of methoxy groups -OCH3 is 1. The number of nitrogens with one attached hydrogen (secondary N) is 1. The van der Waals surface area contributed by atoms with Crippen LogP contribution in [0.2, 0.25) is 0 Å². The molecule has 0 bridgehead atoms. The fourth-order valence-electron chi connectivity index (χ4n) is 1.74. The second kappa shape index (κ2) is 7.79. The molecule has 1 unspecified atom stereocenters. The zero-order chi connectivity index (χ0) is 15.9. The van der Waals surface area contributed by atoms with Crippen molar-refractivity contribution < 1.29 is 9.47 Å². The van der Waals surface area contributed by atoms with Crippen molar-refractivity contribution in [3.63, 3.8) is 0 Å². The van der Waals surface area contributed by atoms with Crippen LogP contribution in [0.5, 0.6) is 6.01 Å². The number of allylic oxidation sites excluding steroid dienone is 4. The van der Waals surface area contributed by atoms with Crippen LogP contribution >= 0.6 is 11.6 Å². The van der Waals surface area contributed by atoms with Gasteiger partial charge in [-0.05, 0) is 26.3 Å². The van der Waals surface area contributed by atoms with Gasteiger partial charge in [0.05, 0.1) is 12.5 Å². The van der Waals surface area contributed by atoms with Crippen molar-refractivity contribution in [2.24, 2.45) is 0 Å². The zero-order valence-electron chi connectivity index (χ0n) is 12.8. The molecular formula is C15H19ClN4O2. The number of halogens is 1. The fourth-order valence-corrected chi connectivity index (χ4v) is 1.96. The minimum Gasteiger partial charge on any atom is -0.492 e. The van der Waals surface area contributed by atoms with Gasteiger partial charge in [-0.3, -0.25) is 0 Å². The van der Waals surface area contributed by atoms with Gasteiger partial charge in [-0.15, -0.1) is 11.6 Å². The van der Waals surface area contributed by atoms with Crippen LogP contribution in [0.3, 0.4) is 0 Å². The average molecular weight is 323 g/mol. The third-order valence-electron chi connectivity index (χ3n) is 2.88. The summed E-state index contributed by atoms with van der Waals surface area (Å²) in [5.41, 5.74) is 2.03. The molecule has 22 heavy (non-hydrogen) atoms. The van der Waals surface area contributed by atoms with Crippen LogP contribution in [0, 0.1) is 0 Å². The van der Waals surface area contributed by atoms with Crippen molar-refractivity contribution in [3.8, 4) is 6.01 Å². The maximum atomic E-state index is 6.27. The molecule has 1 aromatic rings. The van der Waals surface area contributed by atoms with Gasteiger partial charge < -0.3 is 14.8 Å². The van der Waals surface area contributed by atoms with E-state index in [0.29, 0.717) is 19.0 Å². The van der Waals surface area contributed by atoms with Crippen molar-refractivity contribution in [1.82, 2.24) is 15.0 Å². The number of hydrogen-bond donors (Lipinski definition) is 1. The zero-order valence-corrected chi connectivity index (χ0v) is 13.6. The molecule has 2 rings (SSSR count). The van der Waals surface area contributed by atoms with Gasteiger partial charge in [0.2, 0.25) is 5.95 Å². The summed E-state index contributed by atoms with van der Waals surface area (Å²) < 4.78 is 10.7. The molecule has 0 radical (unpaired) electrons. The number of aromatic nitrogens is 3. The topological polar surface area (TPSA) is 69.2 Å². The number of nitrogens with zero attached hydrogens (tertiary/aromatic N) is 3. The minimum absolute atomic E-state index is 0.163. The lowest BCUT2D eigenvalue weighted by Gasteiger charge is -2.19. The van der Waals surface area contributed by atoms with E-state index < -0.39 is 0 Å². The Morgan fingerprint density at radius 3 is 3.00 bits per heavy atom. The van der Waals surface area contributed by atoms with Crippen LogP contribution in [-0.4, -0.2) is 34.0 Å². The monoisotopic (exact) mass is 322 g/mol. The molecule has 0 spiro atoms. The minimum atomic E-state index is -0.163. The lowest BCUT2D eigenvalue weighted by Crippen LogP contribution is -2.14. The quantitative estimate of drug-likeness (QED) is 0.641. The summed E-state index contributed by atoms with van der Waals surface area (Å²) >= 11 is 6.27. The second-order valence-electron chi connectivity index (χ2n) is 4.92. The highest BCUT2D eigenvalue weighted by Crippen LogP contribution is 2.24. The molecular weight excluding hydrogens is 304 g/mol. The van der Waals surface area contributed by atoms with Crippen LogP contribution < -0.4 is 10.1 Å². The van der Waals surface area contributed by atoms with E-state index in [-0.39, 0.29) is 11.4 Å². The second-order valence-corrected chi connectivity index (χ2v) is 5.45. The van der Waals surface area contributed by atoms with Gasteiger partial charge in [0.1, 0.15) is 18.7 Å². The number of alkyl halides is 1. The summed E-state index contributed by atoms with van der Waals surface area (Å²) in [6.45, 7) is 4.56. The Labute approximate surface area is 134 Å². The third-order valence-corrected chi connectivity index (χ3v) is 3.27. The maximum Gasteiger partial charge on any atom is 0.320 e. The first-order valence-corrected chi connectivity index (χ1v) is 7.34. The van der Waals surface area contributed by atoms with Gasteiger partial charge in [0.15, 0.2) is 0 Å². The normalized spacial score (nSPS) is 17.2. The predicted octanol–water partition coefficient (Wildman–Crippen LogP) is 3.05. The Hall–Kier alpha value is -2.08. The van der Waals surface area contributed by atoms with E-state index in [1.165, 1.54) is 19.0 Å². The van der Waals surface area contributed by atoms with Crippen LogP contribution in [0.1, 0.15) is 20.3 Å². The predicted molar refractivity (Wildman–Crippen MR) is 85.8 cm³/mol. The standard InChI is InChI=1S/C15H19ClN4O2/c1-10(2)6-7-22-13-8-11(4-5-12(13)16)19-14-17-9-18-15(20-14)21-3/h4,6,8-9,12H,5,7H2,1-3H3,(H,17,18,19,20). The first-order valence-electron chi connectivity index (χ1n) is 6.90. The Balaban J connectivity index is 2.04. The molecule has 0 saturated carbocycles.